The van der Waals surface area contributed by atoms with Crippen LogP contribution in [0, 0.1) is 0 Å². The van der Waals surface area contributed by atoms with Crippen molar-refractivity contribution in [3.8, 4) is 5.75 Å². The molecule has 0 fully saturated rings. The number of ether oxygens (including phenoxy) is 1. The highest BCUT2D eigenvalue weighted by atomic mass is 35.5. The molecule has 0 aliphatic rings. The van der Waals surface area contributed by atoms with Gasteiger partial charge in [-0.15, -0.1) is 11.6 Å². The number of benzene rings is 1. The Bertz CT molecular complexity index is 625. The van der Waals surface area contributed by atoms with Crippen molar-refractivity contribution in [1.82, 2.24) is 9.55 Å². The molecule has 21 heavy (non-hydrogen) atoms. The number of hydrogen-bond donors (Lipinski definition) is 1. The second-order valence-electron chi connectivity index (χ2n) is 4.86. The number of fused-ring (bicyclic) bond motifs is 1. The zero-order chi connectivity index (χ0) is 15.2. The summed E-state index contributed by atoms with van der Waals surface area (Å²) >= 11 is 5.99. The Labute approximate surface area is 129 Å². The fourth-order valence-corrected chi connectivity index (χ4v) is 2.46. The number of alkyl halides is 1. The number of para-hydroxylation sites is 1. The smallest absolute Gasteiger partial charge is 0.217 e. The number of aromatic nitrogens is 2. The summed E-state index contributed by atoms with van der Waals surface area (Å²) in [6, 6.07) is 5.84. The zero-order valence-electron chi connectivity index (χ0n) is 12.1. The van der Waals surface area contributed by atoms with Gasteiger partial charge in [-0.25, -0.2) is 4.98 Å². The second-order valence-corrected chi connectivity index (χ2v) is 5.12. The van der Waals surface area contributed by atoms with Crippen LogP contribution in [0.4, 0.5) is 0 Å². The van der Waals surface area contributed by atoms with E-state index in [0.717, 1.165) is 29.0 Å². The van der Waals surface area contributed by atoms with Crippen molar-refractivity contribution in [2.24, 2.45) is 5.73 Å². The van der Waals surface area contributed by atoms with E-state index in [-0.39, 0.29) is 5.91 Å². The maximum absolute atomic E-state index is 10.9. The lowest BCUT2D eigenvalue weighted by Crippen LogP contribution is -2.12. The number of amides is 1. The first-order chi connectivity index (χ1) is 10.2. The van der Waals surface area contributed by atoms with Gasteiger partial charge in [0, 0.05) is 13.0 Å². The highest BCUT2D eigenvalue weighted by molar-refractivity contribution is 6.16. The number of rotatable bonds is 8. The molecular formula is C15H20ClN3O2. The fourth-order valence-electron chi connectivity index (χ4n) is 2.26. The van der Waals surface area contributed by atoms with Crippen LogP contribution >= 0.6 is 11.6 Å². The molecule has 6 heteroatoms. The van der Waals surface area contributed by atoms with Crippen LogP contribution in [0.2, 0.25) is 0 Å². The lowest BCUT2D eigenvalue weighted by atomic mass is 10.2. The monoisotopic (exact) mass is 309 g/mol. The number of carbonyl (C=O) groups excluding carboxylic acids is 1. The Kier molecular flexibility index (Phi) is 5.44. The minimum Gasteiger partial charge on any atom is -0.491 e. The Hall–Kier alpha value is -1.75. The highest BCUT2D eigenvalue weighted by Crippen LogP contribution is 2.27. The van der Waals surface area contributed by atoms with E-state index >= 15 is 0 Å². The third-order valence-electron chi connectivity index (χ3n) is 3.21. The molecule has 2 rings (SSSR count). The molecule has 0 saturated carbocycles. The summed E-state index contributed by atoms with van der Waals surface area (Å²) in [5.74, 6) is 1.58. The van der Waals surface area contributed by atoms with Crippen LogP contribution in [-0.2, 0) is 17.2 Å². The maximum atomic E-state index is 10.9. The molecule has 0 aliphatic carbocycles. The first kappa shape index (κ1) is 15.6. The molecule has 1 aromatic heterocycles. The van der Waals surface area contributed by atoms with Gasteiger partial charge >= 0.3 is 0 Å². The van der Waals surface area contributed by atoms with E-state index < -0.39 is 0 Å². The van der Waals surface area contributed by atoms with Crippen LogP contribution in [0.25, 0.3) is 11.0 Å². The normalized spacial score (nSPS) is 11.0. The number of nitrogens with zero attached hydrogens (tertiary/aromatic N) is 2. The molecule has 0 bridgehead atoms. The van der Waals surface area contributed by atoms with Crippen LogP contribution in [0.3, 0.4) is 0 Å². The number of nitrogens with two attached hydrogens (primary N) is 1. The van der Waals surface area contributed by atoms with Crippen LogP contribution < -0.4 is 10.5 Å². The Balaban J connectivity index is 2.32. The van der Waals surface area contributed by atoms with Crippen LogP contribution in [0.5, 0.6) is 5.75 Å². The first-order valence-electron chi connectivity index (χ1n) is 7.12. The van der Waals surface area contributed by atoms with Gasteiger partial charge in [-0.1, -0.05) is 13.0 Å². The van der Waals surface area contributed by atoms with Crippen molar-refractivity contribution in [2.45, 2.75) is 38.6 Å². The number of halogens is 1. The molecule has 0 spiro atoms. The minimum absolute atomic E-state index is 0.293. The predicted molar refractivity (Wildman–Crippen MR) is 83.5 cm³/mol. The quantitative estimate of drug-likeness (QED) is 0.762. The molecular weight excluding hydrogens is 290 g/mol. The lowest BCUT2D eigenvalue weighted by Gasteiger charge is -2.08. The van der Waals surface area contributed by atoms with Crippen molar-refractivity contribution in [1.29, 1.82) is 0 Å². The molecule has 114 valence electrons. The van der Waals surface area contributed by atoms with E-state index in [1.165, 1.54) is 0 Å². The number of imidazole rings is 1. The van der Waals surface area contributed by atoms with Gasteiger partial charge in [-0.2, -0.15) is 0 Å². The predicted octanol–water partition coefficient (Wildman–Crippen LogP) is 2.83. The molecule has 1 amide bonds. The molecule has 0 unspecified atom stereocenters. The average Bonchev–Trinajstić information content (AvgIpc) is 2.83. The molecule has 2 N–H and O–H groups in total. The lowest BCUT2D eigenvalue weighted by molar-refractivity contribution is -0.118. The van der Waals surface area contributed by atoms with Crippen LogP contribution in [0.1, 0.15) is 32.0 Å². The number of aryl methyl sites for hydroxylation is 1. The highest BCUT2D eigenvalue weighted by Gasteiger charge is 2.13. The number of carbonyl (C=O) groups is 1. The van der Waals surface area contributed by atoms with Gasteiger partial charge in [0.15, 0.2) is 0 Å². The Morgan fingerprint density at radius 1 is 1.48 bits per heavy atom. The topological polar surface area (TPSA) is 70.1 Å². The van der Waals surface area contributed by atoms with E-state index in [0.29, 0.717) is 31.9 Å². The number of primary amides is 1. The molecule has 0 saturated heterocycles. The Morgan fingerprint density at radius 3 is 2.95 bits per heavy atom. The molecule has 0 radical (unpaired) electrons. The van der Waals surface area contributed by atoms with Gasteiger partial charge in [-0.3, -0.25) is 4.79 Å². The summed E-state index contributed by atoms with van der Waals surface area (Å²) in [5.41, 5.74) is 6.98. The Morgan fingerprint density at radius 2 is 2.29 bits per heavy atom. The van der Waals surface area contributed by atoms with Gasteiger partial charge in [0.1, 0.15) is 17.1 Å². The van der Waals surface area contributed by atoms with Gasteiger partial charge < -0.3 is 15.0 Å². The first-order valence-corrected chi connectivity index (χ1v) is 7.66. The van der Waals surface area contributed by atoms with Crippen LogP contribution in [0.15, 0.2) is 18.2 Å². The summed E-state index contributed by atoms with van der Waals surface area (Å²) in [5, 5.41) is 0. The second kappa shape index (κ2) is 7.31. The molecule has 0 atom stereocenters. The molecule has 1 heterocycles. The van der Waals surface area contributed by atoms with E-state index in [4.69, 9.17) is 22.1 Å². The van der Waals surface area contributed by atoms with E-state index in [9.17, 15) is 4.79 Å². The zero-order valence-corrected chi connectivity index (χ0v) is 12.9. The average molecular weight is 310 g/mol. The SMILES string of the molecule is CCCOc1cccc2c1nc(CCl)n2CCCC(N)=O. The van der Waals surface area contributed by atoms with Crippen molar-refractivity contribution in [3.63, 3.8) is 0 Å². The van der Waals surface area contributed by atoms with Gasteiger partial charge in [0.25, 0.3) is 0 Å². The maximum Gasteiger partial charge on any atom is 0.217 e. The molecule has 5 nitrogen and oxygen atoms in total. The van der Waals surface area contributed by atoms with E-state index in [1.807, 2.05) is 22.8 Å². The largest absolute Gasteiger partial charge is 0.491 e. The van der Waals surface area contributed by atoms with Crippen molar-refractivity contribution < 1.29 is 9.53 Å². The van der Waals surface area contributed by atoms with E-state index in [1.54, 1.807) is 0 Å². The summed E-state index contributed by atoms with van der Waals surface area (Å²) in [6.07, 6.45) is 1.97. The van der Waals surface area contributed by atoms with Gasteiger partial charge in [-0.05, 0) is 25.0 Å². The number of hydrogen-bond acceptors (Lipinski definition) is 3. The molecule has 0 aliphatic heterocycles. The van der Waals surface area contributed by atoms with Gasteiger partial charge in [0.05, 0.1) is 18.0 Å². The molecule has 1 aromatic carbocycles. The third kappa shape index (κ3) is 3.67. The molecule has 2 aromatic rings. The fraction of sp³-hybridized carbons (Fsp3) is 0.467. The van der Waals surface area contributed by atoms with Crippen molar-refractivity contribution >= 4 is 28.5 Å². The van der Waals surface area contributed by atoms with Gasteiger partial charge in [0.2, 0.25) is 5.91 Å². The van der Waals surface area contributed by atoms with Crippen molar-refractivity contribution in [3.05, 3.63) is 24.0 Å². The van der Waals surface area contributed by atoms with Crippen LogP contribution in [-0.4, -0.2) is 22.1 Å². The summed E-state index contributed by atoms with van der Waals surface area (Å²) in [4.78, 5) is 15.4. The standard InChI is InChI=1S/C15H20ClN3O2/c1-2-9-21-12-6-3-5-11-15(12)18-14(10-16)19(11)8-4-7-13(17)20/h3,5-6H,2,4,7-10H2,1H3,(H2,17,20). The summed E-state index contributed by atoms with van der Waals surface area (Å²) in [7, 11) is 0. The minimum atomic E-state index is -0.293. The third-order valence-corrected chi connectivity index (χ3v) is 3.45. The summed E-state index contributed by atoms with van der Waals surface area (Å²) < 4.78 is 7.76. The summed E-state index contributed by atoms with van der Waals surface area (Å²) in [6.45, 7) is 3.38. The van der Waals surface area contributed by atoms with E-state index in [2.05, 4.69) is 11.9 Å². The van der Waals surface area contributed by atoms with Crippen molar-refractivity contribution in [2.75, 3.05) is 6.61 Å².